The number of fused-ring (bicyclic) bond motifs is 1. The number of carbonyl (C=O) groups excluding carboxylic acids is 1. The van der Waals surface area contributed by atoms with Crippen LogP contribution in [0.25, 0.3) is 0 Å². The Morgan fingerprint density at radius 2 is 1.95 bits per heavy atom. The molecule has 1 aromatic rings. The molecule has 0 aromatic heterocycles. The summed E-state index contributed by atoms with van der Waals surface area (Å²) in [5.74, 6) is 2.05. The molecule has 3 nitrogen and oxygen atoms in total. The molecule has 1 aromatic carbocycles. The van der Waals surface area contributed by atoms with Crippen molar-refractivity contribution in [2.45, 2.75) is 59.5 Å². The summed E-state index contributed by atoms with van der Waals surface area (Å²) in [5, 5.41) is 0. The Labute approximate surface area is 133 Å². The molecule has 0 spiro atoms. The standard InChI is InChI=1S/C19H26O3/c1-12(20)8-7-10-19(5)11-9-16-15(4)17(21-6)13(2)14(3)18(16)22-19/h7-8H,9-11H2,1-6H3/b8-7+/t19-/m1/s1. The zero-order valence-corrected chi connectivity index (χ0v) is 14.5. The van der Waals surface area contributed by atoms with Gasteiger partial charge in [-0.1, -0.05) is 6.08 Å². The van der Waals surface area contributed by atoms with Crippen molar-refractivity contribution in [1.82, 2.24) is 0 Å². The number of methoxy groups -OCH3 is 1. The van der Waals surface area contributed by atoms with Crippen molar-refractivity contribution in [3.63, 3.8) is 0 Å². The van der Waals surface area contributed by atoms with Gasteiger partial charge in [0.05, 0.1) is 7.11 Å². The first-order valence-corrected chi connectivity index (χ1v) is 7.82. The molecular weight excluding hydrogens is 276 g/mol. The number of allylic oxidation sites excluding steroid dienone is 1. The van der Waals surface area contributed by atoms with Gasteiger partial charge in [-0.05, 0) is 70.2 Å². The van der Waals surface area contributed by atoms with Crippen LogP contribution in [-0.2, 0) is 11.2 Å². The molecule has 120 valence electrons. The molecule has 2 rings (SSSR count). The Balaban J connectivity index is 2.36. The van der Waals surface area contributed by atoms with E-state index in [4.69, 9.17) is 9.47 Å². The fourth-order valence-electron chi connectivity index (χ4n) is 3.21. The van der Waals surface area contributed by atoms with Gasteiger partial charge in [0.25, 0.3) is 0 Å². The minimum absolute atomic E-state index is 0.0763. The number of ketones is 1. The summed E-state index contributed by atoms with van der Waals surface area (Å²) in [4.78, 5) is 11.1. The van der Waals surface area contributed by atoms with Crippen molar-refractivity contribution in [2.75, 3.05) is 7.11 Å². The van der Waals surface area contributed by atoms with Gasteiger partial charge in [-0.15, -0.1) is 0 Å². The zero-order chi connectivity index (χ0) is 16.5. The third-order valence-corrected chi connectivity index (χ3v) is 4.67. The van der Waals surface area contributed by atoms with Gasteiger partial charge in [0.1, 0.15) is 17.1 Å². The molecule has 0 radical (unpaired) electrons. The van der Waals surface area contributed by atoms with Gasteiger partial charge >= 0.3 is 0 Å². The van der Waals surface area contributed by atoms with E-state index < -0.39 is 0 Å². The maximum Gasteiger partial charge on any atom is 0.152 e. The topological polar surface area (TPSA) is 35.5 Å². The van der Waals surface area contributed by atoms with E-state index in [2.05, 4.69) is 27.7 Å². The predicted molar refractivity (Wildman–Crippen MR) is 89.0 cm³/mol. The quantitative estimate of drug-likeness (QED) is 0.780. The van der Waals surface area contributed by atoms with Crippen molar-refractivity contribution in [3.05, 3.63) is 34.4 Å². The molecule has 0 fully saturated rings. The highest BCUT2D eigenvalue weighted by Gasteiger charge is 2.33. The van der Waals surface area contributed by atoms with Crippen molar-refractivity contribution in [3.8, 4) is 11.5 Å². The van der Waals surface area contributed by atoms with Crippen LogP contribution in [0.2, 0.25) is 0 Å². The second-order valence-corrected chi connectivity index (χ2v) is 6.49. The van der Waals surface area contributed by atoms with Gasteiger partial charge in [0, 0.05) is 12.0 Å². The number of rotatable bonds is 4. The van der Waals surface area contributed by atoms with Crippen molar-refractivity contribution >= 4 is 5.78 Å². The fourth-order valence-corrected chi connectivity index (χ4v) is 3.21. The van der Waals surface area contributed by atoms with Crippen LogP contribution in [0.4, 0.5) is 0 Å². The molecule has 1 aliphatic heterocycles. The van der Waals surface area contributed by atoms with E-state index in [1.807, 2.05) is 6.08 Å². The summed E-state index contributed by atoms with van der Waals surface area (Å²) in [6.45, 7) is 9.96. The molecular formula is C19H26O3. The van der Waals surface area contributed by atoms with Gasteiger partial charge < -0.3 is 9.47 Å². The third kappa shape index (κ3) is 3.03. The lowest BCUT2D eigenvalue weighted by Gasteiger charge is -2.37. The maximum atomic E-state index is 11.1. The highest BCUT2D eigenvalue weighted by atomic mass is 16.5. The second-order valence-electron chi connectivity index (χ2n) is 6.49. The highest BCUT2D eigenvalue weighted by Crippen LogP contribution is 2.44. The Bertz CT molecular complexity index is 628. The summed E-state index contributed by atoms with van der Waals surface area (Å²) >= 11 is 0. The van der Waals surface area contributed by atoms with Crippen LogP contribution in [0, 0.1) is 20.8 Å². The van der Waals surface area contributed by atoms with Gasteiger partial charge in [0.15, 0.2) is 5.78 Å². The van der Waals surface area contributed by atoms with Gasteiger partial charge in [-0.3, -0.25) is 4.79 Å². The smallest absolute Gasteiger partial charge is 0.152 e. The molecule has 1 aliphatic rings. The molecule has 0 aliphatic carbocycles. The molecule has 0 bridgehead atoms. The van der Waals surface area contributed by atoms with Gasteiger partial charge in [-0.25, -0.2) is 0 Å². The molecule has 22 heavy (non-hydrogen) atoms. The summed E-state index contributed by atoms with van der Waals surface area (Å²) in [6, 6.07) is 0. The largest absolute Gasteiger partial charge is 0.496 e. The first kappa shape index (κ1) is 16.6. The van der Waals surface area contributed by atoms with Gasteiger partial charge in [0.2, 0.25) is 0 Å². The molecule has 0 N–H and O–H groups in total. The van der Waals surface area contributed by atoms with Crippen LogP contribution in [0.5, 0.6) is 11.5 Å². The van der Waals surface area contributed by atoms with Crippen molar-refractivity contribution in [2.24, 2.45) is 0 Å². The first-order chi connectivity index (χ1) is 10.3. The summed E-state index contributed by atoms with van der Waals surface area (Å²) < 4.78 is 11.9. The highest BCUT2D eigenvalue weighted by molar-refractivity contribution is 5.87. The molecule has 0 saturated carbocycles. The number of benzene rings is 1. The fraction of sp³-hybridized carbons (Fsp3) is 0.526. The maximum absolute atomic E-state index is 11.1. The van der Waals surface area contributed by atoms with Gasteiger partial charge in [-0.2, -0.15) is 0 Å². The number of ether oxygens (including phenoxy) is 2. The Kier molecular flexibility index (Phi) is 4.64. The van der Waals surface area contributed by atoms with E-state index in [0.717, 1.165) is 41.9 Å². The lowest BCUT2D eigenvalue weighted by Crippen LogP contribution is -2.36. The number of hydrogen-bond donors (Lipinski definition) is 0. The Morgan fingerprint density at radius 1 is 1.27 bits per heavy atom. The second kappa shape index (κ2) is 6.15. The summed E-state index contributed by atoms with van der Waals surface area (Å²) in [5.41, 5.74) is 4.48. The molecule has 0 saturated heterocycles. The Morgan fingerprint density at radius 3 is 2.55 bits per heavy atom. The van der Waals surface area contributed by atoms with Crippen molar-refractivity contribution < 1.29 is 14.3 Å². The van der Waals surface area contributed by atoms with E-state index in [-0.39, 0.29) is 11.4 Å². The van der Waals surface area contributed by atoms with Crippen LogP contribution < -0.4 is 9.47 Å². The Hall–Kier alpha value is -1.77. The minimum atomic E-state index is -0.253. The molecule has 3 heteroatoms. The molecule has 1 atom stereocenters. The molecule has 1 heterocycles. The average molecular weight is 302 g/mol. The predicted octanol–water partition coefficient (Wildman–Crippen LogP) is 4.24. The molecule has 0 amide bonds. The first-order valence-electron chi connectivity index (χ1n) is 7.82. The summed E-state index contributed by atoms with van der Waals surface area (Å²) in [7, 11) is 1.72. The van der Waals surface area contributed by atoms with E-state index in [0.29, 0.717) is 0 Å². The van der Waals surface area contributed by atoms with E-state index in [1.54, 1.807) is 20.1 Å². The van der Waals surface area contributed by atoms with E-state index >= 15 is 0 Å². The van der Waals surface area contributed by atoms with Crippen LogP contribution in [-0.4, -0.2) is 18.5 Å². The number of hydrogen-bond acceptors (Lipinski definition) is 3. The minimum Gasteiger partial charge on any atom is -0.496 e. The third-order valence-electron chi connectivity index (χ3n) is 4.67. The van der Waals surface area contributed by atoms with E-state index in [1.165, 1.54) is 11.1 Å². The van der Waals surface area contributed by atoms with Crippen LogP contribution in [0.1, 0.15) is 48.9 Å². The van der Waals surface area contributed by atoms with Crippen LogP contribution >= 0.6 is 0 Å². The normalized spacial score (nSPS) is 20.6. The summed E-state index contributed by atoms with van der Waals surface area (Å²) in [6.07, 6.45) is 6.21. The van der Waals surface area contributed by atoms with Crippen LogP contribution in [0.15, 0.2) is 12.2 Å². The SMILES string of the molecule is COc1c(C)c(C)c2c(c1C)CC[C@@](C)(C/C=C/C(C)=O)O2. The number of carbonyl (C=O) groups is 1. The zero-order valence-electron chi connectivity index (χ0n) is 14.5. The van der Waals surface area contributed by atoms with E-state index in [9.17, 15) is 4.79 Å². The average Bonchev–Trinajstić information content (AvgIpc) is 2.45. The molecule has 0 unspecified atom stereocenters. The monoisotopic (exact) mass is 302 g/mol. The lowest BCUT2D eigenvalue weighted by molar-refractivity contribution is -0.112. The lowest BCUT2D eigenvalue weighted by atomic mass is 9.85. The van der Waals surface area contributed by atoms with Crippen LogP contribution in [0.3, 0.4) is 0 Å². The van der Waals surface area contributed by atoms with Crippen molar-refractivity contribution in [1.29, 1.82) is 0 Å².